The Bertz CT molecular complexity index is 1010. The van der Waals surface area contributed by atoms with Crippen LogP contribution in [0.2, 0.25) is 0 Å². The Morgan fingerprint density at radius 1 is 1.03 bits per heavy atom. The van der Waals surface area contributed by atoms with E-state index in [1.165, 1.54) is 0 Å². The van der Waals surface area contributed by atoms with Crippen LogP contribution in [0, 0.1) is 0 Å². The highest BCUT2D eigenvalue weighted by Gasteiger charge is 2.42. The summed E-state index contributed by atoms with van der Waals surface area (Å²) in [5.41, 5.74) is -0.412. The van der Waals surface area contributed by atoms with Gasteiger partial charge >= 0.3 is 0 Å². The van der Waals surface area contributed by atoms with Gasteiger partial charge in [-0.1, -0.05) is 49.6 Å². The Balaban J connectivity index is 1.47. The van der Waals surface area contributed by atoms with Gasteiger partial charge in [0.15, 0.2) is 0 Å². The van der Waals surface area contributed by atoms with Gasteiger partial charge in [0.05, 0.1) is 12.7 Å². The lowest BCUT2D eigenvalue weighted by atomic mass is 9.98. The average molecular weight is 529 g/mol. The molecule has 3 fully saturated rings. The minimum atomic E-state index is -1.30. The lowest BCUT2D eigenvalue weighted by molar-refractivity contribution is -0.144. The highest BCUT2D eigenvalue weighted by atomic mass is 16.6. The van der Waals surface area contributed by atoms with E-state index < -0.39 is 41.6 Å². The first-order chi connectivity index (χ1) is 18.2. The number of hydrogen-bond donors (Lipinski definition) is 4. The zero-order valence-corrected chi connectivity index (χ0v) is 22.3. The molecule has 3 saturated heterocycles. The third-order valence-corrected chi connectivity index (χ3v) is 7.64. The van der Waals surface area contributed by atoms with Crippen molar-refractivity contribution in [2.75, 3.05) is 13.2 Å². The summed E-state index contributed by atoms with van der Waals surface area (Å²) in [6.07, 6.45) is 4.19. The zero-order chi connectivity index (χ0) is 27.3. The topological polar surface area (TPSA) is 140 Å². The predicted octanol–water partition coefficient (Wildman–Crippen LogP) is 0.808. The van der Waals surface area contributed by atoms with Crippen molar-refractivity contribution in [3.05, 3.63) is 35.9 Å². The number of nitrogens with zero attached hydrogens (tertiary/aromatic N) is 1. The third-order valence-electron chi connectivity index (χ3n) is 7.64. The lowest BCUT2D eigenvalue weighted by Gasteiger charge is -2.34. The maximum atomic E-state index is 13.7. The average Bonchev–Trinajstić information content (AvgIpc) is 3.62. The molecule has 1 unspecified atom stereocenters. The molecule has 1 aromatic rings. The van der Waals surface area contributed by atoms with Crippen molar-refractivity contribution in [1.82, 2.24) is 20.9 Å². The number of epoxide rings is 1. The molecule has 38 heavy (non-hydrogen) atoms. The molecule has 208 valence electrons. The molecule has 0 saturated carbocycles. The van der Waals surface area contributed by atoms with E-state index in [-0.39, 0.29) is 24.3 Å². The molecule has 0 aromatic heterocycles. The standard InChI is InChI=1S/C28H40N4O6/c1-28(2)27(37)30-20(16-18-10-5-3-6-11-18)26(36)32-15-9-13-21(32)25(35)29-19(24(34)31-28)12-7-4-8-14-22(33)23-17-38-23/h3,5-6,10-11,19-23,33H,4,7-9,12-17H2,1-2H3,(H,29,35)(H,30,37)(H,31,34)/t19-,20-,21+,22-,23?/m0/s1. The first kappa shape index (κ1) is 28.0. The van der Waals surface area contributed by atoms with Crippen molar-refractivity contribution in [3.8, 4) is 0 Å². The van der Waals surface area contributed by atoms with Crippen LogP contribution in [0.3, 0.4) is 0 Å². The molecule has 10 nitrogen and oxygen atoms in total. The number of carbonyl (C=O) groups is 4. The van der Waals surface area contributed by atoms with Crippen LogP contribution in [0.1, 0.15) is 64.4 Å². The fraction of sp³-hybridized carbons (Fsp3) is 0.643. The molecule has 0 aliphatic carbocycles. The second kappa shape index (κ2) is 12.3. The third kappa shape index (κ3) is 7.11. The predicted molar refractivity (Wildman–Crippen MR) is 140 cm³/mol. The number of aliphatic hydroxyl groups excluding tert-OH is 1. The molecule has 3 aliphatic heterocycles. The first-order valence-corrected chi connectivity index (χ1v) is 13.7. The first-order valence-electron chi connectivity index (χ1n) is 13.7. The minimum absolute atomic E-state index is 0.0517. The number of amides is 4. The van der Waals surface area contributed by atoms with Crippen molar-refractivity contribution in [2.24, 2.45) is 0 Å². The number of rotatable bonds is 9. The maximum Gasteiger partial charge on any atom is 0.246 e. The molecule has 1 aromatic carbocycles. The van der Waals surface area contributed by atoms with Gasteiger partial charge in [0.25, 0.3) is 0 Å². The molecule has 10 heteroatoms. The summed E-state index contributed by atoms with van der Waals surface area (Å²) >= 11 is 0. The van der Waals surface area contributed by atoms with Crippen LogP contribution < -0.4 is 16.0 Å². The second-order valence-corrected chi connectivity index (χ2v) is 11.2. The monoisotopic (exact) mass is 528 g/mol. The molecular weight excluding hydrogens is 488 g/mol. The highest BCUT2D eigenvalue weighted by Crippen LogP contribution is 2.22. The normalized spacial score (nSPS) is 28.3. The molecular formula is C28H40N4O6. The van der Waals surface area contributed by atoms with Crippen LogP contribution >= 0.6 is 0 Å². The van der Waals surface area contributed by atoms with Crippen LogP contribution in [0.15, 0.2) is 30.3 Å². The molecule has 4 N–H and O–H groups in total. The summed E-state index contributed by atoms with van der Waals surface area (Å²) in [5.74, 6) is -1.53. The van der Waals surface area contributed by atoms with E-state index >= 15 is 0 Å². The van der Waals surface area contributed by atoms with Gasteiger partial charge in [-0.2, -0.15) is 0 Å². The molecule has 0 bridgehead atoms. The van der Waals surface area contributed by atoms with Gasteiger partial charge in [-0.05, 0) is 45.1 Å². The van der Waals surface area contributed by atoms with Crippen LogP contribution in [0.4, 0.5) is 0 Å². The van der Waals surface area contributed by atoms with Crippen LogP contribution in [-0.4, -0.2) is 82.7 Å². The minimum Gasteiger partial charge on any atom is -0.390 e. The zero-order valence-electron chi connectivity index (χ0n) is 22.3. The van der Waals surface area contributed by atoms with Crippen LogP contribution in [0.25, 0.3) is 0 Å². The molecule has 3 aliphatic rings. The summed E-state index contributed by atoms with van der Waals surface area (Å²) in [6, 6.07) is 7.03. The number of benzene rings is 1. The number of carbonyl (C=O) groups excluding carboxylic acids is 4. The number of hydrogen-bond acceptors (Lipinski definition) is 6. The SMILES string of the molecule is CC1(C)NC(=O)[C@H](CCCCC[C@H](O)C2CO2)NC(=O)[C@H]2CCCN2C(=O)[C@H](Cc2ccccc2)NC1=O. The van der Waals surface area contributed by atoms with Gasteiger partial charge in [0, 0.05) is 13.0 Å². The number of ether oxygens (including phenoxy) is 1. The maximum absolute atomic E-state index is 13.7. The van der Waals surface area contributed by atoms with Crippen molar-refractivity contribution >= 4 is 23.6 Å². The lowest BCUT2D eigenvalue weighted by Crippen LogP contribution is -2.64. The van der Waals surface area contributed by atoms with Gasteiger partial charge in [-0.25, -0.2) is 0 Å². The number of aliphatic hydroxyl groups is 1. The van der Waals surface area contributed by atoms with Gasteiger partial charge in [0.2, 0.25) is 23.6 Å². The molecule has 0 spiro atoms. The van der Waals surface area contributed by atoms with Crippen molar-refractivity contribution < 1.29 is 29.0 Å². The van der Waals surface area contributed by atoms with E-state index in [1.807, 2.05) is 30.3 Å². The largest absolute Gasteiger partial charge is 0.390 e. The quantitative estimate of drug-likeness (QED) is 0.276. The molecule has 4 amide bonds. The Morgan fingerprint density at radius 2 is 1.76 bits per heavy atom. The Hall–Kier alpha value is -2.98. The van der Waals surface area contributed by atoms with Gasteiger partial charge in [0.1, 0.15) is 29.8 Å². The van der Waals surface area contributed by atoms with E-state index in [1.54, 1.807) is 18.7 Å². The van der Waals surface area contributed by atoms with E-state index in [9.17, 15) is 24.3 Å². The summed E-state index contributed by atoms with van der Waals surface area (Å²) in [6.45, 7) is 4.21. The fourth-order valence-corrected chi connectivity index (χ4v) is 5.22. The Labute approximate surface area is 223 Å². The van der Waals surface area contributed by atoms with Crippen molar-refractivity contribution in [1.29, 1.82) is 0 Å². The number of fused-ring (bicyclic) bond motifs is 1. The Kier molecular flexibility index (Phi) is 9.04. The summed E-state index contributed by atoms with van der Waals surface area (Å²) in [5, 5.41) is 18.5. The second-order valence-electron chi connectivity index (χ2n) is 11.2. The van der Waals surface area contributed by atoms with Gasteiger partial charge < -0.3 is 30.7 Å². The smallest absolute Gasteiger partial charge is 0.246 e. The molecule has 4 rings (SSSR count). The van der Waals surface area contributed by atoms with E-state index in [4.69, 9.17) is 4.74 Å². The van der Waals surface area contributed by atoms with Crippen LogP contribution in [-0.2, 0) is 30.3 Å². The molecule has 5 atom stereocenters. The van der Waals surface area contributed by atoms with E-state index in [0.29, 0.717) is 45.3 Å². The van der Waals surface area contributed by atoms with Crippen molar-refractivity contribution in [2.45, 2.75) is 101 Å². The van der Waals surface area contributed by atoms with Crippen LogP contribution in [0.5, 0.6) is 0 Å². The van der Waals surface area contributed by atoms with E-state index in [0.717, 1.165) is 18.4 Å². The molecule has 3 heterocycles. The van der Waals surface area contributed by atoms with Crippen molar-refractivity contribution in [3.63, 3.8) is 0 Å². The number of unbranched alkanes of at least 4 members (excludes halogenated alkanes) is 2. The highest BCUT2D eigenvalue weighted by molar-refractivity contribution is 5.99. The number of nitrogens with one attached hydrogen (secondary N) is 3. The fourth-order valence-electron chi connectivity index (χ4n) is 5.22. The summed E-state index contributed by atoms with van der Waals surface area (Å²) in [7, 11) is 0. The van der Waals surface area contributed by atoms with Gasteiger partial charge in [-0.15, -0.1) is 0 Å². The van der Waals surface area contributed by atoms with Gasteiger partial charge in [-0.3, -0.25) is 19.2 Å². The summed E-state index contributed by atoms with van der Waals surface area (Å²) in [4.78, 5) is 55.2. The molecule has 0 radical (unpaired) electrons. The Morgan fingerprint density at radius 3 is 2.47 bits per heavy atom. The van der Waals surface area contributed by atoms with E-state index in [2.05, 4.69) is 16.0 Å². The summed E-state index contributed by atoms with van der Waals surface area (Å²) < 4.78 is 5.11.